The van der Waals surface area contributed by atoms with E-state index >= 15 is 0 Å². The highest BCUT2D eigenvalue weighted by molar-refractivity contribution is 8.00. The quantitative estimate of drug-likeness (QED) is 0.671. The Morgan fingerprint density at radius 2 is 2.00 bits per heavy atom. The van der Waals surface area contributed by atoms with Gasteiger partial charge in [0.05, 0.1) is 5.75 Å². The fraction of sp³-hybridized carbons (Fsp3) is 0.900. The van der Waals surface area contributed by atoms with Crippen LogP contribution in [-0.2, 0) is 4.79 Å². The van der Waals surface area contributed by atoms with Crippen LogP contribution in [0.3, 0.4) is 0 Å². The molecular weight excluding hydrogens is 168 g/mol. The molecule has 2 heteroatoms. The lowest BCUT2D eigenvalue weighted by atomic mass is 10.0. The van der Waals surface area contributed by atoms with E-state index in [1.54, 1.807) is 11.8 Å². The Morgan fingerprint density at radius 1 is 1.42 bits per heavy atom. The van der Waals surface area contributed by atoms with Gasteiger partial charge >= 0.3 is 0 Å². The molecule has 0 spiro atoms. The van der Waals surface area contributed by atoms with Crippen molar-refractivity contribution in [1.82, 2.24) is 0 Å². The van der Waals surface area contributed by atoms with E-state index in [1.165, 1.54) is 12.8 Å². The third kappa shape index (κ3) is 3.18. The first-order chi connectivity index (χ1) is 5.70. The van der Waals surface area contributed by atoms with Gasteiger partial charge in [0.15, 0.2) is 0 Å². The Balaban J connectivity index is 2.18. The number of carbonyl (C=O) groups excluding carboxylic acids is 1. The van der Waals surface area contributed by atoms with Crippen LogP contribution in [0.25, 0.3) is 0 Å². The molecule has 0 saturated heterocycles. The second kappa shape index (κ2) is 4.90. The smallest absolute Gasteiger partial charge is 0.145 e. The second-order valence-corrected chi connectivity index (χ2v) is 5.37. The average molecular weight is 186 g/mol. The van der Waals surface area contributed by atoms with Crippen LogP contribution in [0, 0.1) is 5.92 Å². The summed E-state index contributed by atoms with van der Waals surface area (Å²) in [6, 6.07) is 0. The number of rotatable bonds is 4. The highest BCUT2D eigenvalue weighted by Crippen LogP contribution is 2.27. The van der Waals surface area contributed by atoms with Crippen LogP contribution in [0.4, 0.5) is 0 Å². The van der Waals surface area contributed by atoms with Gasteiger partial charge in [0.25, 0.3) is 0 Å². The molecule has 0 aliphatic heterocycles. The third-order valence-corrected chi connectivity index (χ3v) is 3.49. The SMILES string of the molecule is CC(C)SCC(=O)C1CCCC1. The highest BCUT2D eigenvalue weighted by atomic mass is 32.2. The van der Waals surface area contributed by atoms with Crippen molar-refractivity contribution in [2.45, 2.75) is 44.8 Å². The van der Waals surface area contributed by atoms with Gasteiger partial charge in [-0.3, -0.25) is 4.79 Å². The van der Waals surface area contributed by atoms with Crippen LogP contribution in [0.2, 0.25) is 0 Å². The number of ketones is 1. The van der Waals surface area contributed by atoms with Gasteiger partial charge in [0, 0.05) is 5.92 Å². The summed E-state index contributed by atoms with van der Waals surface area (Å²) in [6.45, 7) is 4.29. The van der Waals surface area contributed by atoms with Crippen molar-refractivity contribution in [1.29, 1.82) is 0 Å². The van der Waals surface area contributed by atoms with E-state index in [4.69, 9.17) is 0 Å². The van der Waals surface area contributed by atoms with Gasteiger partial charge < -0.3 is 0 Å². The first kappa shape index (κ1) is 10.1. The summed E-state index contributed by atoms with van der Waals surface area (Å²) < 4.78 is 0. The van der Waals surface area contributed by atoms with Crippen molar-refractivity contribution in [3.8, 4) is 0 Å². The molecule has 1 saturated carbocycles. The van der Waals surface area contributed by atoms with Gasteiger partial charge in [-0.15, -0.1) is 0 Å². The van der Waals surface area contributed by atoms with Crippen LogP contribution in [0.5, 0.6) is 0 Å². The molecule has 70 valence electrons. The molecule has 1 fully saturated rings. The van der Waals surface area contributed by atoms with E-state index in [0.717, 1.165) is 18.6 Å². The maximum atomic E-state index is 11.5. The maximum Gasteiger partial charge on any atom is 0.145 e. The van der Waals surface area contributed by atoms with Crippen molar-refractivity contribution in [3.05, 3.63) is 0 Å². The minimum absolute atomic E-state index is 0.413. The number of Topliss-reactive ketones (excluding diaryl/α,β-unsaturated/α-hetero) is 1. The van der Waals surface area contributed by atoms with Crippen molar-refractivity contribution < 1.29 is 4.79 Å². The molecule has 0 bridgehead atoms. The molecule has 12 heavy (non-hydrogen) atoms. The molecule has 1 rings (SSSR count). The molecule has 1 aliphatic rings. The molecule has 0 aromatic carbocycles. The molecule has 0 aromatic heterocycles. The van der Waals surface area contributed by atoms with Crippen molar-refractivity contribution in [3.63, 3.8) is 0 Å². The molecule has 0 N–H and O–H groups in total. The van der Waals surface area contributed by atoms with E-state index in [9.17, 15) is 4.79 Å². The molecule has 0 radical (unpaired) electrons. The number of thioether (sulfide) groups is 1. The maximum absolute atomic E-state index is 11.5. The van der Waals surface area contributed by atoms with Crippen LogP contribution in [-0.4, -0.2) is 16.8 Å². The highest BCUT2D eigenvalue weighted by Gasteiger charge is 2.22. The van der Waals surface area contributed by atoms with Gasteiger partial charge in [-0.05, 0) is 18.1 Å². The number of carbonyl (C=O) groups is 1. The predicted molar refractivity (Wildman–Crippen MR) is 54.6 cm³/mol. The zero-order valence-corrected chi connectivity index (χ0v) is 8.82. The lowest BCUT2D eigenvalue weighted by Crippen LogP contribution is -2.14. The molecule has 0 amide bonds. The number of hydrogen-bond acceptors (Lipinski definition) is 2. The zero-order chi connectivity index (χ0) is 8.97. The summed E-state index contributed by atoms with van der Waals surface area (Å²) in [5.41, 5.74) is 0. The molecule has 0 unspecified atom stereocenters. The summed E-state index contributed by atoms with van der Waals surface area (Å²) in [5, 5.41) is 0.593. The van der Waals surface area contributed by atoms with Crippen LogP contribution in [0.15, 0.2) is 0 Å². The molecule has 0 aromatic rings. The summed E-state index contributed by atoms with van der Waals surface area (Å²) >= 11 is 1.78. The van der Waals surface area contributed by atoms with Crippen LogP contribution < -0.4 is 0 Å². The van der Waals surface area contributed by atoms with Crippen LogP contribution in [0.1, 0.15) is 39.5 Å². The fourth-order valence-corrected chi connectivity index (χ4v) is 2.35. The molecule has 1 nitrogen and oxygen atoms in total. The summed E-state index contributed by atoms with van der Waals surface area (Å²) in [4.78, 5) is 11.5. The third-order valence-electron chi connectivity index (χ3n) is 2.37. The Bertz CT molecular complexity index is 148. The number of hydrogen-bond donors (Lipinski definition) is 0. The average Bonchev–Trinajstić information content (AvgIpc) is 2.51. The standard InChI is InChI=1S/C10H18OS/c1-8(2)12-7-10(11)9-5-3-4-6-9/h8-9H,3-7H2,1-2H3. The van der Waals surface area contributed by atoms with Crippen molar-refractivity contribution >= 4 is 17.5 Å². The largest absolute Gasteiger partial charge is 0.298 e. The Hall–Kier alpha value is 0.0200. The summed E-state index contributed by atoms with van der Waals surface area (Å²) in [5.74, 6) is 1.64. The first-order valence-electron chi connectivity index (χ1n) is 4.84. The van der Waals surface area contributed by atoms with E-state index < -0.39 is 0 Å². The molecule has 0 atom stereocenters. The van der Waals surface area contributed by atoms with Gasteiger partial charge in [-0.1, -0.05) is 26.7 Å². The zero-order valence-electron chi connectivity index (χ0n) is 8.01. The van der Waals surface area contributed by atoms with Gasteiger partial charge in [0.2, 0.25) is 0 Å². The Morgan fingerprint density at radius 3 is 2.50 bits per heavy atom. The summed E-state index contributed by atoms with van der Waals surface area (Å²) in [7, 11) is 0. The van der Waals surface area contributed by atoms with Crippen LogP contribution >= 0.6 is 11.8 Å². The second-order valence-electron chi connectivity index (χ2n) is 3.81. The topological polar surface area (TPSA) is 17.1 Å². The molecule has 1 aliphatic carbocycles. The Labute approximate surface area is 79.3 Å². The fourth-order valence-electron chi connectivity index (χ4n) is 1.61. The van der Waals surface area contributed by atoms with E-state index in [-0.39, 0.29) is 0 Å². The minimum atomic E-state index is 0.413. The van der Waals surface area contributed by atoms with E-state index in [1.807, 2.05) is 0 Å². The molecule has 0 heterocycles. The Kier molecular flexibility index (Phi) is 4.13. The normalized spacial score (nSPS) is 18.9. The molecular formula is C10H18OS. The summed E-state index contributed by atoms with van der Waals surface area (Å²) in [6.07, 6.45) is 4.83. The monoisotopic (exact) mass is 186 g/mol. The van der Waals surface area contributed by atoms with Crippen molar-refractivity contribution in [2.75, 3.05) is 5.75 Å². The lowest BCUT2D eigenvalue weighted by molar-refractivity contribution is -0.120. The van der Waals surface area contributed by atoms with Gasteiger partial charge in [-0.2, -0.15) is 11.8 Å². The minimum Gasteiger partial charge on any atom is -0.298 e. The lowest BCUT2D eigenvalue weighted by Gasteiger charge is -2.08. The van der Waals surface area contributed by atoms with E-state index in [2.05, 4.69) is 13.8 Å². The van der Waals surface area contributed by atoms with Gasteiger partial charge in [-0.25, -0.2) is 0 Å². The first-order valence-corrected chi connectivity index (χ1v) is 5.89. The predicted octanol–water partition coefficient (Wildman–Crippen LogP) is 2.89. The van der Waals surface area contributed by atoms with Crippen molar-refractivity contribution in [2.24, 2.45) is 5.92 Å². The van der Waals surface area contributed by atoms with E-state index in [0.29, 0.717) is 17.0 Å². The van der Waals surface area contributed by atoms with Gasteiger partial charge in [0.1, 0.15) is 5.78 Å².